The van der Waals surface area contributed by atoms with E-state index in [4.69, 9.17) is 16.9 Å². The molecule has 4 heteroatoms. The number of nitrogens with zero attached hydrogens (tertiary/aromatic N) is 1. The summed E-state index contributed by atoms with van der Waals surface area (Å²) in [7, 11) is 0. The van der Waals surface area contributed by atoms with Crippen LogP contribution in [-0.2, 0) is 0 Å². The van der Waals surface area contributed by atoms with Crippen molar-refractivity contribution in [1.82, 2.24) is 0 Å². The van der Waals surface area contributed by atoms with Crippen LogP contribution in [0.15, 0.2) is 24.3 Å². The lowest BCUT2D eigenvalue weighted by atomic mass is 10.1. The Hall–Kier alpha value is -1.50. The van der Waals surface area contributed by atoms with Gasteiger partial charge in [-0.15, -0.1) is 11.3 Å². The summed E-state index contributed by atoms with van der Waals surface area (Å²) >= 11 is 7.84. The maximum Gasteiger partial charge on any atom is 0.101 e. The molecule has 2 aromatic rings. The number of benzene rings is 1. The Morgan fingerprint density at radius 1 is 1.32 bits per heavy atom. The van der Waals surface area contributed by atoms with Crippen molar-refractivity contribution >= 4 is 28.6 Å². The number of rotatable bonds is 3. The van der Waals surface area contributed by atoms with Gasteiger partial charge in [0.15, 0.2) is 0 Å². The molecule has 1 atom stereocenters. The lowest BCUT2D eigenvalue weighted by molar-refractivity contribution is 0.882. The van der Waals surface area contributed by atoms with E-state index in [1.165, 1.54) is 15.3 Å². The quantitative estimate of drug-likeness (QED) is 0.857. The summed E-state index contributed by atoms with van der Waals surface area (Å²) in [4.78, 5) is 2.65. The lowest BCUT2D eigenvalue weighted by Gasteiger charge is -2.15. The molecule has 1 aromatic heterocycles. The molecule has 98 valence electrons. The van der Waals surface area contributed by atoms with Gasteiger partial charge in [-0.1, -0.05) is 11.6 Å². The van der Waals surface area contributed by atoms with Crippen molar-refractivity contribution < 1.29 is 0 Å². The molecule has 0 saturated carbocycles. The Kier molecular flexibility index (Phi) is 4.14. The number of halogens is 1. The van der Waals surface area contributed by atoms with Gasteiger partial charge in [-0.25, -0.2) is 0 Å². The maximum absolute atomic E-state index is 8.85. The second kappa shape index (κ2) is 5.64. The molecule has 1 heterocycles. The number of hydrogen-bond donors (Lipinski definition) is 1. The largest absolute Gasteiger partial charge is 0.378 e. The van der Waals surface area contributed by atoms with Gasteiger partial charge in [0, 0.05) is 21.5 Å². The minimum absolute atomic E-state index is 0.217. The van der Waals surface area contributed by atoms with Gasteiger partial charge in [0.1, 0.15) is 6.07 Å². The van der Waals surface area contributed by atoms with E-state index >= 15 is 0 Å². The first-order chi connectivity index (χ1) is 9.01. The highest BCUT2D eigenvalue weighted by Crippen LogP contribution is 2.29. The minimum atomic E-state index is 0.217. The van der Waals surface area contributed by atoms with Crippen molar-refractivity contribution in [3.8, 4) is 6.07 Å². The summed E-state index contributed by atoms with van der Waals surface area (Å²) in [5.41, 5.74) is 2.74. The predicted molar refractivity (Wildman–Crippen MR) is 82.0 cm³/mol. The van der Waals surface area contributed by atoms with Crippen LogP contribution in [0.4, 0.5) is 5.69 Å². The highest BCUT2D eigenvalue weighted by molar-refractivity contribution is 7.12. The Balaban J connectivity index is 2.20. The van der Waals surface area contributed by atoms with Crippen molar-refractivity contribution in [1.29, 1.82) is 5.26 Å². The maximum atomic E-state index is 8.85. The summed E-state index contributed by atoms with van der Waals surface area (Å²) in [5.74, 6) is 0. The molecule has 1 aromatic carbocycles. The Bertz CT molecular complexity index is 640. The van der Waals surface area contributed by atoms with Crippen LogP contribution < -0.4 is 5.32 Å². The molecule has 1 unspecified atom stereocenters. The van der Waals surface area contributed by atoms with Crippen molar-refractivity contribution in [2.24, 2.45) is 0 Å². The highest BCUT2D eigenvalue weighted by atomic mass is 35.5. The van der Waals surface area contributed by atoms with E-state index in [0.29, 0.717) is 10.6 Å². The normalized spacial score (nSPS) is 11.9. The van der Waals surface area contributed by atoms with Crippen LogP contribution >= 0.6 is 22.9 Å². The fraction of sp³-hybridized carbons (Fsp3) is 0.267. The lowest BCUT2D eigenvalue weighted by Crippen LogP contribution is -2.06. The minimum Gasteiger partial charge on any atom is -0.378 e. The highest BCUT2D eigenvalue weighted by Gasteiger charge is 2.11. The topological polar surface area (TPSA) is 35.8 Å². The van der Waals surface area contributed by atoms with E-state index in [2.05, 4.69) is 38.2 Å². The smallest absolute Gasteiger partial charge is 0.101 e. The number of nitriles is 1. The van der Waals surface area contributed by atoms with E-state index < -0.39 is 0 Å². The second-order valence-corrected chi connectivity index (χ2v) is 6.41. The molecule has 2 rings (SSSR count). The fourth-order valence-corrected chi connectivity index (χ4v) is 3.35. The van der Waals surface area contributed by atoms with Gasteiger partial charge in [0.25, 0.3) is 0 Å². The average Bonchev–Trinajstić information content (AvgIpc) is 2.69. The number of hydrogen-bond acceptors (Lipinski definition) is 3. The van der Waals surface area contributed by atoms with Crippen molar-refractivity contribution in [3.05, 3.63) is 50.2 Å². The second-order valence-electron chi connectivity index (χ2n) is 4.54. The van der Waals surface area contributed by atoms with Crippen molar-refractivity contribution in [3.63, 3.8) is 0 Å². The fourth-order valence-electron chi connectivity index (χ4n) is 2.10. The summed E-state index contributed by atoms with van der Waals surface area (Å²) in [5, 5.41) is 12.8. The van der Waals surface area contributed by atoms with Crippen molar-refractivity contribution in [2.45, 2.75) is 26.8 Å². The van der Waals surface area contributed by atoms with Gasteiger partial charge in [0.2, 0.25) is 0 Å². The third-order valence-corrected chi connectivity index (χ3v) is 4.31. The molecule has 2 nitrogen and oxygen atoms in total. The summed E-state index contributed by atoms with van der Waals surface area (Å²) in [6, 6.07) is 9.91. The third-order valence-electron chi connectivity index (χ3n) is 3.02. The van der Waals surface area contributed by atoms with Gasteiger partial charge in [-0.3, -0.25) is 0 Å². The average molecular weight is 291 g/mol. The molecule has 19 heavy (non-hydrogen) atoms. The van der Waals surface area contributed by atoms with Crippen LogP contribution in [0.3, 0.4) is 0 Å². The summed E-state index contributed by atoms with van der Waals surface area (Å²) < 4.78 is 0. The molecule has 1 N–H and O–H groups in total. The van der Waals surface area contributed by atoms with E-state index in [9.17, 15) is 0 Å². The first-order valence-electron chi connectivity index (χ1n) is 6.04. The van der Waals surface area contributed by atoms with Crippen LogP contribution in [0.25, 0.3) is 0 Å². The molecule has 0 bridgehead atoms. The molecule has 0 aliphatic rings. The van der Waals surface area contributed by atoms with Crippen LogP contribution in [0.2, 0.25) is 5.02 Å². The molecule has 0 aliphatic heterocycles. The SMILES string of the molecule is Cc1cc(C(C)Nc2ccc(C#N)c(Cl)c2)c(C)s1. The van der Waals surface area contributed by atoms with Crippen LogP contribution in [0, 0.1) is 25.2 Å². The number of anilines is 1. The summed E-state index contributed by atoms with van der Waals surface area (Å²) in [6.07, 6.45) is 0. The zero-order valence-electron chi connectivity index (χ0n) is 11.1. The zero-order valence-corrected chi connectivity index (χ0v) is 12.7. The van der Waals surface area contributed by atoms with Gasteiger partial charge in [-0.2, -0.15) is 5.26 Å². The van der Waals surface area contributed by atoms with Crippen LogP contribution in [0.1, 0.15) is 33.8 Å². The Morgan fingerprint density at radius 3 is 2.58 bits per heavy atom. The predicted octanol–water partition coefficient (Wildman–Crippen LogP) is 5.06. The van der Waals surface area contributed by atoms with Crippen molar-refractivity contribution in [2.75, 3.05) is 5.32 Å². The molecule has 0 radical (unpaired) electrons. The molecule has 0 saturated heterocycles. The Labute approximate surface area is 122 Å². The van der Waals surface area contributed by atoms with E-state index in [1.807, 2.05) is 17.4 Å². The molecule has 0 amide bonds. The van der Waals surface area contributed by atoms with Gasteiger partial charge < -0.3 is 5.32 Å². The Morgan fingerprint density at radius 2 is 2.05 bits per heavy atom. The monoisotopic (exact) mass is 290 g/mol. The van der Waals surface area contributed by atoms with Gasteiger partial charge in [0.05, 0.1) is 10.6 Å². The molecular formula is C15H15ClN2S. The van der Waals surface area contributed by atoms with Gasteiger partial charge >= 0.3 is 0 Å². The molecule has 0 fully saturated rings. The molecular weight excluding hydrogens is 276 g/mol. The van der Waals surface area contributed by atoms with E-state index in [1.54, 1.807) is 12.1 Å². The number of aryl methyl sites for hydroxylation is 2. The van der Waals surface area contributed by atoms with Crippen LogP contribution in [-0.4, -0.2) is 0 Å². The third kappa shape index (κ3) is 3.09. The number of thiophene rings is 1. The first kappa shape index (κ1) is 13.9. The van der Waals surface area contributed by atoms with Crippen LogP contribution in [0.5, 0.6) is 0 Å². The first-order valence-corrected chi connectivity index (χ1v) is 7.24. The van der Waals surface area contributed by atoms with E-state index in [-0.39, 0.29) is 6.04 Å². The standard InChI is InChI=1S/C15H15ClN2S/c1-9-6-14(11(3)19-9)10(2)18-13-5-4-12(8-17)15(16)7-13/h4-7,10,18H,1-3H3. The number of nitrogens with one attached hydrogen (secondary N) is 1. The summed E-state index contributed by atoms with van der Waals surface area (Å²) in [6.45, 7) is 6.38. The zero-order chi connectivity index (χ0) is 14.0. The molecule has 0 aliphatic carbocycles. The van der Waals surface area contributed by atoms with Gasteiger partial charge in [-0.05, 0) is 50.6 Å². The molecule has 0 spiro atoms. The van der Waals surface area contributed by atoms with E-state index in [0.717, 1.165) is 5.69 Å².